The fourth-order valence-corrected chi connectivity index (χ4v) is 3.34. The first-order valence-corrected chi connectivity index (χ1v) is 8.61. The van der Waals surface area contributed by atoms with Crippen LogP contribution in [-0.2, 0) is 16.0 Å². The minimum absolute atomic E-state index is 0.0435. The fourth-order valence-electron chi connectivity index (χ4n) is 3.34. The smallest absolute Gasteiger partial charge is 0.224 e. The molecule has 1 aliphatic heterocycles. The Kier molecular flexibility index (Phi) is 5.50. The topological polar surface area (TPSA) is 67.6 Å². The molecule has 2 atom stereocenters. The van der Waals surface area contributed by atoms with Gasteiger partial charge in [0.25, 0.3) is 0 Å². The van der Waals surface area contributed by atoms with Gasteiger partial charge in [0.1, 0.15) is 5.76 Å². The maximum atomic E-state index is 12.3. The predicted molar refractivity (Wildman–Crippen MR) is 94.2 cm³/mol. The van der Waals surface area contributed by atoms with Gasteiger partial charge in [-0.15, -0.1) is 0 Å². The van der Waals surface area contributed by atoms with Crippen LogP contribution in [0.25, 0.3) is 0 Å². The molecule has 0 unspecified atom stereocenters. The Morgan fingerprint density at radius 3 is 2.76 bits per heavy atom. The molecule has 134 valence electrons. The zero-order valence-corrected chi connectivity index (χ0v) is 15.0. The van der Waals surface area contributed by atoms with E-state index in [0.29, 0.717) is 18.9 Å². The molecule has 1 amide bonds. The van der Waals surface area contributed by atoms with Crippen molar-refractivity contribution in [3.8, 4) is 0 Å². The van der Waals surface area contributed by atoms with Crippen molar-refractivity contribution in [2.45, 2.75) is 32.4 Å². The first-order chi connectivity index (χ1) is 12.1. The molecular formula is C19H25N3O3. The summed E-state index contributed by atoms with van der Waals surface area (Å²) in [5.74, 6) is 0.654. The summed E-state index contributed by atoms with van der Waals surface area (Å²) in [6.07, 6.45) is 0.203. The second-order valence-corrected chi connectivity index (χ2v) is 6.53. The van der Waals surface area contributed by atoms with Gasteiger partial charge in [0.15, 0.2) is 0 Å². The molecule has 1 aromatic heterocycles. The van der Waals surface area contributed by atoms with Crippen LogP contribution in [0.4, 0.5) is 0 Å². The molecule has 2 heterocycles. The first kappa shape index (κ1) is 17.6. The van der Waals surface area contributed by atoms with Crippen molar-refractivity contribution in [3.05, 3.63) is 52.9 Å². The number of aromatic nitrogens is 1. The Labute approximate surface area is 148 Å². The highest BCUT2D eigenvalue weighted by Crippen LogP contribution is 2.27. The number of aryl methyl sites for hydroxylation is 2. The molecule has 1 fully saturated rings. The number of benzene rings is 1. The van der Waals surface area contributed by atoms with Crippen LogP contribution in [0, 0.1) is 13.8 Å². The molecule has 0 bridgehead atoms. The lowest BCUT2D eigenvalue weighted by Crippen LogP contribution is -2.48. The molecule has 1 N–H and O–H groups in total. The maximum absolute atomic E-state index is 12.3. The van der Waals surface area contributed by atoms with Crippen LogP contribution < -0.4 is 5.32 Å². The molecule has 0 spiro atoms. The molecule has 1 saturated heterocycles. The minimum atomic E-state index is -0.0743. The van der Waals surface area contributed by atoms with Crippen LogP contribution in [0.5, 0.6) is 0 Å². The lowest BCUT2D eigenvalue weighted by Gasteiger charge is -2.39. The number of nitrogens with one attached hydrogen (secondary N) is 1. The Morgan fingerprint density at radius 2 is 2.08 bits per heavy atom. The molecule has 1 aromatic carbocycles. The number of nitrogens with zero attached hydrogens (tertiary/aromatic N) is 2. The maximum Gasteiger partial charge on any atom is 0.224 e. The van der Waals surface area contributed by atoms with Gasteiger partial charge in [-0.3, -0.25) is 9.69 Å². The van der Waals surface area contributed by atoms with Gasteiger partial charge in [-0.25, -0.2) is 0 Å². The molecule has 2 aromatic rings. The molecule has 0 aliphatic carbocycles. The van der Waals surface area contributed by atoms with Gasteiger partial charge in [-0.2, -0.15) is 0 Å². The number of carbonyl (C=O) groups is 1. The molecule has 1 aliphatic rings. The number of carbonyl (C=O) groups excluding carboxylic acids is 1. The highest BCUT2D eigenvalue weighted by atomic mass is 16.5. The summed E-state index contributed by atoms with van der Waals surface area (Å²) in [7, 11) is 2.10. The van der Waals surface area contributed by atoms with Crippen molar-refractivity contribution in [3.63, 3.8) is 0 Å². The summed E-state index contributed by atoms with van der Waals surface area (Å²) in [6.45, 7) is 5.70. The standard InChI is InChI=1S/C19H25N3O3/c1-13-16(14(2)25-21-13)11-18(23)20-12-17-19(22(3)9-10-24-17)15-7-5-4-6-8-15/h4-8,17,19H,9-12H2,1-3H3,(H,20,23)/t17-,19-/m0/s1. The van der Waals surface area contributed by atoms with E-state index < -0.39 is 0 Å². The highest BCUT2D eigenvalue weighted by Gasteiger charge is 2.31. The summed E-state index contributed by atoms with van der Waals surface area (Å²) in [5.41, 5.74) is 2.83. The van der Waals surface area contributed by atoms with Gasteiger partial charge in [0.05, 0.1) is 30.9 Å². The van der Waals surface area contributed by atoms with Gasteiger partial charge >= 0.3 is 0 Å². The number of ether oxygens (including phenoxy) is 1. The molecule has 6 nitrogen and oxygen atoms in total. The number of hydrogen-bond acceptors (Lipinski definition) is 5. The Balaban J connectivity index is 1.63. The minimum Gasteiger partial charge on any atom is -0.373 e. The van der Waals surface area contributed by atoms with Gasteiger partial charge in [-0.1, -0.05) is 35.5 Å². The van der Waals surface area contributed by atoms with Crippen LogP contribution in [0.2, 0.25) is 0 Å². The SMILES string of the molecule is Cc1noc(C)c1CC(=O)NC[C@@H]1OCCN(C)[C@H]1c1ccccc1. The van der Waals surface area contributed by atoms with E-state index in [9.17, 15) is 4.79 Å². The summed E-state index contributed by atoms with van der Waals surface area (Å²) in [5, 5.41) is 6.90. The third-order valence-electron chi connectivity index (χ3n) is 4.76. The van der Waals surface area contributed by atoms with E-state index >= 15 is 0 Å². The number of rotatable bonds is 5. The summed E-state index contributed by atoms with van der Waals surface area (Å²) in [4.78, 5) is 14.6. The Bertz CT molecular complexity index is 694. The average molecular weight is 343 g/mol. The summed E-state index contributed by atoms with van der Waals surface area (Å²) < 4.78 is 11.1. The van der Waals surface area contributed by atoms with Gasteiger partial charge < -0.3 is 14.6 Å². The van der Waals surface area contributed by atoms with Crippen molar-refractivity contribution >= 4 is 5.91 Å². The predicted octanol–water partition coefficient (Wildman–Crippen LogP) is 2.02. The van der Waals surface area contributed by atoms with Crippen LogP contribution in [-0.4, -0.2) is 48.8 Å². The second kappa shape index (κ2) is 7.80. The zero-order chi connectivity index (χ0) is 17.8. The van der Waals surface area contributed by atoms with E-state index in [0.717, 1.165) is 17.8 Å². The summed E-state index contributed by atoms with van der Waals surface area (Å²) >= 11 is 0. The molecule has 25 heavy (non-hydrogen) atoms. The molecule has 6 heteroatoms. The quantitative estimate of drug-likeness (QED) is 0.900. The van der Waals surface area contributed by atoms with Crippen LogP contribution >= 0.6 is 0 Å². The lowest BCUT2D eigenvalue weighted by atomic mass is 9.98. The third kappa shape index (κ3) is 4.08. The van der Waals surface area contributed by atoms with Crippen LogP contribution in [0.3, 0.4) is 0 Å². The molecular weight excluding hydrogens is 318 g/mol. The third-order valence-corrected chi connectivity index (χ3v) is 4.76. The van der Waals surface area contributed by atoms with Gasteiger partial charge in [-0.05, 0) is 26.5 Å². The van der Waals surface area contributed by atoms with E-state index in [4.69, 9.17) is 9.26 Å². The van der Waals surface area contributed by atoms with E-state index in [-0.39, 0.29) is 24.5 Å². The number of morpholine rings is 1. The van der Waals surface area contributed by atoms with Gasteiger partial charge in [0.2, 0.25) is 5.91 Å². The summed E-state index contributed by atoms with van der Waals surface area (Å²) in [6, 6.07) is 10.4. The molecule has 3 rings (SSSR count). The van der Waals surface area contributed by atoms with Gasteiger partial charge in [0, 0.05) is 18.7 Å². The van der Waals surface area contributed by atoms with E-state index in [1.54, 1.807) is 0 Å². The largest absolute Gasteiger partial charge is 0.373 e. The van der Waals surface area contributed by atoms with Crippen molar-refractivity contribution < 1.29 is 14.1 Å². The van der Waals surface area contributed by atoms with Crippen molar-refractivity contribution in [2.24, 2.45) is 0 Å². The average Bonchev–Trinajstić information content (AvgIpc) is 2.92. The number of hydrogen-bond donors (Lipinski definition) is 1. The highest BCUT2D eigenvalue weighted by molar-refractivity contribution is 5.79. The fraction of sp³-hybridized carbons (Fsp3) is 0.474. The molecule has 0 saturated carbocycles. The number of likely N-dealkylation sites (N-methyl/N-ethyl adjacent to an activating group) is 1. The Hall–Kier alpha value is -2.18. The second-order valence-electron chi connectivity index (χ2n) is 6.53. The zero-order valence-electron chi connectivity index (χ0n) is 15.0. The van der Waals surface area contributed by atoms with Crippen molar-refractivity contribution in [2.75, 3.05) is 26.7 Å². The van der Waals surface area contributed by atoms with Crippen molar-refractivity contribution in [1.29, 1.82) is 0 Å². The monoisotopic (exact) mass is 343 g/mol. The number of amides is 1. The van der Waals surface area contributed by atoms with Crippen LogP contribution in [0.1, 0.15) is 28.6 Å². The Morgan fingerprint density at radius 1 is 1.32 bits per heavy atom. The van der Waals surface area contributed by atoms with Crippen molar-refractivity contribution in [1.82, 2.24) is 15.4 Å². The van der Waals surface area contributed by atoms with E-state index in [1.807, 2.05) is 32.0 Å². The lowest BCUT2D eigenvalue weighted by molar-refractivity contribution is -0.122. The van der Waals surface area contributed by atoms with Crippen LogP contribution in [0.15, 0.2) is 34.9 Å². The normalized spacial score (nSPS) is 21.2. The first-order valence-electron chi connectivity index (χ1n) is 8.61. The van der Waals surface area contributed by atoms with E-state index in [2.05, 4.69) is 34.6 Å². The van der Waals surface area contributed by atoms with E-state index in [1.165, 1.54) is 5.56 Å². The molecule has 0 radical (unpaired) electrons.